The van der Waals surface area contributed by atoms with Crippen LogP contribution in [0, 0.1) is 0 Å². The molecule has 0 bridgehead atoms. The maximum absolute atomic E-state index is 5.74. The molecular weight excluding hydrogens is 224 g/mol. The summed E-state index contributed by atoms with van der Waals surface area (Å²) in [5.41, 5.74) is 7.01. The second kappa shape index (κ2) is 3.70. The van der Waals surface area contributed by atoms with Crippen LogP contribution in [0.25, 0.3) is 9.88 Å². The summed E-state index contributed by atoms with van der Waals surface area (Å²) in [4.78, 5) is 7.47. The fourth-order valence-electron chi connectivity index (χ4n) is 2.04. The van der Waals surface area contributed by atoms with Crippen molar-refractivity contribution < 1.29 is 0 Å². The highest BCUT2D eigenvalue weighted by atomic mass is 32.1. The van der Waals surface area contributed by atoms with E-state index in [4.69, 9.17) is 10.7 Å². The highest BCUT2D eigenvalue weighted by Gasteiger charge is 2.26. The highest BCUT2D eigenvalue weighted by Crippen LogP contribution is 2.40. The molecule has 0 spiro atoms. The largest absolute Gasteiger partial charge is 0.330 e. The maximum atomic E-state index is 5.74. The van der Waals surface area contributed by atoms with Crippen molar-refractivity contribution in [1.29, 1.82) is 0 Å². The Kier molecular flexibility index (Phi) is 2.35. The number of hydrogen-bond acceptors (Lipinski definition) is 4. The van der Waals surface area contributed by atoms with Crippen molar-refractivity contribution in [3.63, 3.8) is 0 Å². The summed E-state index contributed by atoms with van der Waals surface area (Å²) >= 11 is 3.60. The minimum Gasteiger partial charge on any atom is -0.330 e. The first-order valence-corrected chi connectivity index (χ1v) is 6.81. The third-order valence-electron chi connectivity index (χ3n) is 2.85. The lowest BCUT2D eigenvalue weighted by molar-refractivity contribution is 0.675. The number of rotatable bonds is 2. The Morgan fingerprint density at radius 1 is 1.53 bits per heavy atom. The number of thiazole rings is 1. The fraction of sp³-hybridized carbons (Fsp3) is 0.364. The van der Waals surface area contributed by atoms with E-state index >= 15 is 0 Å². The molecular formula is C11H12N2S2. The predicted molar refractivity (Wildman–Crippen MR) is 65.5 cm³/mol. The summed E-state index contributed by atoms with van der Waals surface area (Å²) < 4.78 is 0. The second-order valence-corrected chi connectivity index (χ2v) is 5.81. The second-order valence-electron chi connectivity index (χ2n) is 3.78. The van der Waals surface area contributed by atoms with E-state index < -0.39 is 0 Å². The third kappa shape index (κ3) is 1.53. The lowest BCUT2D eigenvalue weighted by Gasteiger charge is -2.03. The molecule has 2 heterocycles. The average Bonchev–Trinajstić information content (AvgIpc) is 2.93. The molecule has 0 radical (unpaired) electrons. The monoisotopic (exact) mass is 236 g/mol. The van der Waals surface area contributed by atoms with Crippen LogP contribution >= 0.6 is 22.7 Å². The lowest BCUT2D eigenvalue weighted by atomic mass is 10.1. The van der Waals surface area contributed by atoms with Crippen LogP contribution < -0.4 is 5.73 Å². The van der Waals surface area contributed by atoms with Gasteiger partial charge in [0.25, 0.3) is 0 Å². The number of nitrogens with two attached hydrogens (primary N) is 1. The Bertz CT molecular complexity index is 459. The number of hydrogen-bond donors (Lipinski definition) is 1. The van der Waals surface area contributed by atoms with Crippen LogP contribution in [0.3, 0.4) is 0 Å². The van der Waals surface area contributed by atoms with Gasteiger partial charge in [-0.15, -0.1) is 22.7 Å². The van der Waals surface area contributed by atoms with E-state index in [0.29, 0.717) is 5.92 Å². The van der Waals surface area contributed by atoms with Crippen LogP contribution in [0.5, 0.6) is 0 Å². The van der Waals surface area contributed by atoms with Gasteiger partial charge in [-0.2, -0.15) is 0 Å². The summed E-state index contributed by atoms with van der Waals surface area (Å²) in [7, 11) is 0. The zero-order valence-electron chi connectivity index (χ0n) is 8.27. The molecule has 1 aliphatic rings. The minimum absolute atomic E-state index is 0.505. The molecule has 2 aromatic heterocycles. The SMILES string of the molecule is NCC1CCc2sc(-c3cccs3)nc21. The number of nitrogens with zero attached hydrogens (tertiary/aromatic N) is 1. The van der Waals surface area contributed by atoms with Gasteiger partial charge in [0.05, 0.1) is 10.6 Å². The number of aryl methyl sites for hydroxylation is 1. The molecule has 0 amide bonds. The van der Waals surface area contributed by atoms with Gasteiger partial charge in [-0.25, -0.2) is 4.98 Å². The van der Waals surface area contributed by atoms with Gasteiger partial charge in [-0.1, -0.05) is 6.07 Å². The molecule has 1 unspecified atom stereocenters. The van der Waals surface area contributed by atoms with Crippen LogP contribution in [0.1, 0.15) is 22.9 Å². The van der Waals surface area contributed by atoms with E-state index in [9.17, 15) is 0 Å². The van der Waals surface area contributed by atoms with E-state index in [-0.39, 0.29) is 0 Å². The van der Waals surface area contributed by atoms with Crippen molar-refractivity contribution in [3.8, 4) is 9.88 Å². The molecule has 0 aromatic carbocycles. The maximum Gasteiger partial charge on any atom is 0.133 e. The Labute approximate surface area is 96.8 Å². The van der Waals surface area contributed by atoms with Crippen molar-refractivity contribution in [1.82, 2.24) is 4.98 Å². The van der Waals surface area contributed by atoms with E-state index in [1.54, 1.807) is 11.3 Å². The molecule has 2 N–H and O–H groups in total. The van der Waals surface area contributed by atoms with Gasteiger partial charge >= 0.3 is 0 Å². The number of thiophene rings is 1. The van der Waals surface area contributed by atoms with Gasteiger partial charge in [0, 0.05) is 17.3 Å². The fourth-order valence-corrected chi connectivity index (χ4v) is 4.00. The van der Waals surface area contributed by atoms with E-state index in [1.807, 2.05) is 11.3 Å². The molecule has 3 rings (SSSR count). The smallest absolute Gasteiger partial charge is 0.133 e. The van der Waals surface area contributed by atoms with Gasteiger partial charge in [0.15, 0.2) is 0 Å². The Morgan fingerprint density at radius 2 is 2.47 bits per heavy atom. The minimum atomic E-state index is 0.505. The Hall–Kier alpha value is -0.710. The molecule has 2 nitrogen and oxygen atoms in total. The first kappa shape index (κ1) is 9.51. The summed E-state index contributed by atoms with van der Waals surface area (Å²) in [5, 5.41) is 3.27. The first-order chi connectivity index (χ1) is 7.38. The summed E-state index contributed by atoms with van der Waals surface area (Å²) in [6.45, 7) is 0.737. The van der Waals surface area contributed by atoms with Crippen molar-refractivity contribution >= 4 is 22.7 Å². The number of aromatic nitrogens is 1. The zero-order chi connectivity index (χ0) is 10.3. The Balaban J connectivity index is 2.01. The van der Waals surface area contributed by atoms with E-state index in [0.717, 1.165) is 6.54 Å². The summed E-state index contributed by atoms with van der Waals surface area (Å²) in [5.74, 6) is 0.505. The molecule has 0 saturated heterocycles. The molecule has 78 valence electrons. The van der Waals surface area contributed by atoms with Crippen LogP contribution in [0.15, 0.2) is 17.5 Å². The van der Waals surface area contributed by atoms with Crippen molar-refractivity contribution in [2.75, 3.05) is 6.54 Å². The van der Waals surface area contributed by atoms with E-state index in [1.165, 1.54) is 33.3 Å². The third-order valence-corrected chi connectivity index (χ3v) is 5.02. The average molecular weight is 236 g/mol. The quantitative estimate of drug-likeness (QED) is 0.870. The highest BCUT2D eigenvalue weighted by molar-refractivity contribution is 7.21. The molecule has 4 heteroatoms. The van der Waals surface area contributed by atoms with Crippen LogP contribution in [0.2, 0.25) is 0 Å². The molecule has 0 saturated carbocycles. The standard InChI is InChI=1S/C11H12N2S2/c12-6-7-3-4-8-10(7)13-11(15-8)9-2-1-5-14-9/h1-2,5,7H,3-4,6,12H2. The van der Waals surface area contributed by atoms with E-state index in [2.05, 4.69) is 17.5 Å². The molecule has 15 heavy (non-hydrogen) atoms. The topological polar surface area (TPSA) is 38.9 Å². The van der Waals surface area contributed by atoms with Crippen LogP contribution in [-0.4, -0.2) is 11.5 Å². The van der Waals surface area contributed by atoms with Gasteiger partial charge in [-0.05, 0) is 24.3 Å². The lowest BCUT2D eigenvalue weighted by Crippen LogP contribution is -2.09. The molecule has 1 atom stereocenters. The van der Waals surface area contributed by atoms with Crippen LogP contribution in [-0.2, 0) is 6.42 Å². The predicted octanol–water partition coefficient (Wildman–Crippen LogP) is 2.86. The molecule has 0 aliphatic heterocycles. The molecule has 1 aliphatic carbocycles. The first-order valence-electron chi connectivity index (χ1n) is 5.12. The zero-order valence-corrected chi connectivity index (χ0v) is 9.90. The van der Waals surface area contributed by atoms with Crippen LogP contribution in [0.4, 0.5) is 0 Å². The van der Waals surface area contributed by atoms with Gasteiger partial charge in [0.1, 0.15) is 5.01 Å². The summed E-state index contributed by atoms with van der Waals surface area (Å²) in [6, 6.07) is 4.21. The number of fused-ring (bicyclic) bond motifs is 1. The van der Waals surface area contributed by atoms with Crippen molar-refractivity contribution in [2.45, 2.75) is 18.8 Å². The Morgan fingerprint density at radius 3 is 3.20 bits per heavy atom. The molecule has 0 fully saturated rings. The van der Waals surface area contributed by atoms with Crippen molar-refractivity contribution in [3.05, 3.63) is 28.1 Å². The normalized spacial score (nSPS) is 19.4. The molecule has 2 aromatic rings. The van der Waals surface area contributed by atoms with Gasteiger partial charge in [0.2, 0.25) is 0 Å². The van der Waals surface area contributed by atoms with Gasteiger partial charge in [-0.3, -0.25) is 0 Å². The van der Waals surface area contributed by atoms with Gasteiger partial charge < -0.3 is 5.73 Å². The van der Waals surface area contributed by atoms with Crippen molar-refractivity contribution in [2.24, 2.45) is 5.73 Å². The summed E-state index contributed by atoms with van der Waals surface area (Å²) in [6.07, 6.45) is 2.36.